The molecular weight excluding hydrogens is 608 g/mol. The summed E-state index contributed by atoms with van der Waals surface area (Å²) in [7, 11) is 0. The molecule has 0 heterocycles. The Morgan fingerprint density at radius 1 is 0.500 bits per heavy atom. The van der Waals surface area contributed by atoms with Gasteiger partial charge >= 0.3 is 11.9 Å². The quantitative estimate of drug-likeness (QED) is 0.0781. The van der Waals surface area contributed by atoms with Gasteiger partial charge in [-0.25, -0.2) is 0 Å². The molecule has 48 heavy (non-hydrogen) atoms. The zero-order valence-corrected chi connectivity index (χ0v) is 27.9. The molecule has 0 saturated heterocycles. The molecule has 0 aliphatic rings. The van der Waals surface area contributed by atoms with Crippen LogP contribution in [0.3, 0.4) is 0 Å². The Morgan fingerprint density at radius 3 is 1.19 bits per heavy atom. The van der Waals surface area contributed by atoms with Crippen LogP contribution in [-0.2, 0) is 19.1 Å². The molecule has 0 bridgehead atoms. The Balaban J connectivity index is 1.40. The lowest BCUT2D eigenvalue weighted by molar-refractivity contribution is -0.152. The summed E-state index contributed by atoms with van der Waals surface area (Å²) < 4.78 is 36.4. The third kappa shape index (κ3) is 8.97. The van der Waals surface area contributed by atoms with E-state index < -0.39 is 12.2 Å². The molecule has 0 aromatic heterocycles. The van der Waals surface area contributed by atoms with E-state index in [1.54, 1.807) is 13.8 Å². The second kappa shape index (κ2) is 16.5. The Labute approximate surface area is 281 Å². The Hall–Kier alpha value is -5.24. The van der Waals surface area contributed by atoms with Gasteiger partial charge in [0.05, 0.1) is 0 Å². The molecule has 0 radical (unpaired) electrons. The highest BCUT2D eigenvalue weighted by Gasteiger charge is 2.22. The van der Waals surface area contributed by atoms with Crippen LogP contribution < -0.4 is 18.9 Å². The molecule has 0 N–H and O–H groups in total. The molecule has 8 heteroatoms. The van der Waals surface area contributed by atoms with Crippen molar-refractivity contribution in [3.8, 4) is 23.0 Å². The summed E-state index contributed by atoms with van der Waals surface area (Å²) in [6.45, 7) is 7.92. The van der Waals surface area contributed by atoms with Crippen LogP contribution in [0.1, 0.15) is 37.8 Å². The van der Waals surface area contributed by atoms with Crippen molar-refractivity contribution in [3.63, 3.8) is 0 Å². The highest BCUT2D eigenvalue weighted by atomic mass is 16.6. The number of rotatable bonds is 16. The average molecular weight is 651 g/mol. The third-order valence-electron chi connectivity index (χ3n) is 7.68. The Bertz CT molecular complexity index is 1660. The lowest BCUT2D eigenvalue weighted by Gasteiger charge is -2.23. The first-order chi connectivity index (χ1) is 23.3. The van der Waals surface area contributed by atoms with Gasteiger partial charge in [-0.2, -0.15) is 0 Å². The van der Waals surface area contributed by atoms with Crippen LogP contribution in [0.5, 0.6) is 23.0 Å². The number of benzene rings is 5. The van der Waals surface area contributed by atoms with E-state index in [-0.39, 0.29) is 51.2 Å². The summed E-state index contributed by atoms with van der Waals surface area (Å²) in [5.41, 5.74) is 2.14. The van der Waals surface area contributed by atoms with Gasteiger partial charge in [0.2, 0.25) is 0 Å². The van der Waals surface area contributed by atoms with E-state index in [4.69, 9.17) is 28.4 Å². The molecule has 0 fully saturated rings. The lowest BCUT2D eigenvalue weighted by atomic mass is 10.0. The Kier molecular flexibility index (Phi) is 11.8. The smallest absolute Gasteiger partial charge is 0.306 e. The minimum atomic E-state index is -0.645. The zero-order chi connectivity index (χ0) is 33.9. The van der Waals surface area contributed by atoms with E-state index >= 15 is 0 Å². The molecule has 5 rings (SSSR count). The van der Waals surface area contributed by atoms with E-state index in [9.17, 15) is 9.59 Å². The fourth-order valence-electron chi connectivity index (χ4n) is 5.27. The van der Waals surface area contributed by atoms with Gasteiger partial charge in [-0.15, -0.1) is 0 Å². The van der Waals surface area contributed by atoms with Gasteiger partial charge in [0.15, 0.2) is 12.2 Å². The van der Waals surface area contributed by atoms with Gasteiger partial charge in [0, 0.05) is 34.4 Å². The molecule has 0 aliphatic heterocycles. The van der Waals surface area contributed by atoms with Gasteiger partial charge in [0.1, 0.15) is 49.4 Å². The van der Waals surface area contributed by atoms with Crippen molar-refractivity contribution in [1.82, 2.24) is 0 Å². The Morgan fingerprint density at radius 2 is 0.854 bits per heavy atom. The molecule has 5 aromatic carbocycles. The van der Waals surface area contributed by atoms with Gasteiger partial charge in [-0.3, -0.25) is 9.59 Å². The third-order valence-corrected chi connectivity index (χ3v) is 7.68. The van der Waals surface area contributed by atoms with E-state index in [0.29, 0.717) is 23.0 Å². The van der Waals surface area contributed by atoms with Gasteiger partial charge in [-0.05, 0) is 49.2 Å². The van der Waals surface area contributed by atoms with Crippen LogP contribution in [-0.4, -0.2) is 50.6 Å². The number of carbonyl (C=O) groups is 2. The first-order valence-electron chi connectivity index (χ1n) is 16.3. The first kappa shape index (κ1) is 34.1. The van der Waals surface area contributed by atoms with E-state index in [2.05, 4.69) is 0 Å². The largest absolute Gasteiger partial charge is 0.490 e. The van der Waals surface area contributed by atoms with E-state index in [0.717, 1.165) is 32.7 Å². The molecule has 2 unspecified atom stereocenters. The normalized spacial score (nSPS) is 12.2. The zero-order valence-electron chi connectivity index (χ0n) is 27.9. The molecule has 0 amide bonds. The summed E-state index contributed by atoms with van der Waals surface area (Å²) in [5.74, 6) is 1.99. The van der Waals surface area contributed by atoms with Crippen LogP contribution in [0.4, 0.5) is 0 Å². The van der Waals surface area contributed by atoms with E-state index in [1.165, 1.54) is 0 Å². The molecular formula is C40H42O8. The maximum atomic E-state index is 12.3. The molecule has 0 saturated carbocycles. The fourth-order valence-corrected chi connectivity index (χ4v) is 5.27. The summed E-state index contributed by atoms with van der Waals surface area (Å²) in [5, 5.41) is 3.29. The summed E-state index contributed by atoms with van der Waals surface area (Å²) in [6, 6.07) is 31.0. The summed E-state index contributed by atoms with van der Waals surface area (Å²) in [4.78, 5) is 24.7. The van der Waals surface area contributed by atoms with Crippen LogP contribution in [0.2, 0.25) is 0 Å². The fraction of sp³-hybridized carbons (Fsp3) is 0.300. The molecule has 5 aromatic rings. The monoisotopic (exact) mass is 650 g/mol. The molecule has 250 valence electrons. The van der Waals surface area contributed by atoms with Crippen molar-refractivity contribution in [3.05, 3.63) is 108 Å². The minimum Gasteiger partial charge on any atom is -0.490 e. The first-order valence-corrected chi connectivity index (χ1v) is 16.3. The number of carbonyl (C=O) groups excluding carboxylic acids is 2. The average Bonchev–Trinajstić information content (AvgIpc) is 3.10. The number of hydrogen-bond donors (Lipinski definition) is 0. The molecule has 0 spiro atoms. The maximum Gasteiger partial charge on any atom is 0.306 e. The molecule has 2 atom stereocenters. The topological polar surface area (TPSA) is 89.5 Å². The second-order valence-electron chi connectivity index (χ2n) is 11.6. The van der Waals surface area contributed by atoms with Crippen molar-refractivity contribution in [2.45, 2.75) is 52.7 Å². The van der Waals surface area contributed by atoms with Gasteiger partial charge in [0.25, 0.3) is 0 Å². The van der Waals surface area contributed by atoms with Crippen LogP contribution in [0, 0.1) is 13.8 Å². The number of ether oxygens (including phenoxy) is 6. The van der Waals surface area contributed by atoms with Crippen molar-refractivity contribution in [2.24, 2.45) is 0 Å². The predicted octanol–water partition coefficient (Wildman–Crippen LogP) is 8.17. The highest BCUT2D eigenvalue weighted by molar-refractivity contribution is 6.11. The second-order valence-corrected chi connectivity index (χ2v) is 11.6. The van der Waals surface area contributed by atoms with Gasteiger partial charge < -0.3 is 28.4 Å². The van der Waals surface area contributed by atoms with Crippen molar-refractivity contribution >= 4 is 33.5 Å². The summed E-state index contributed by atoms with van der Waals surface area (Å²) >= 11 is 0. The van der Waals surface area contributed by atoms with Gasteiger partial charge in [-0.1, -0.05) is 86.6 Å². The molecule has 0 aliphatic carbocycles. The van der Waals surface area contributed by atoms with Crippen molar-refractivity contribution in [2.75, 3.05) is 26.4 Å². The van der Waals surface area contributed by atoms with Crippen LogP contribution >= 0.6 is 0 Å². The SMILES string of the molecule is CCC(=O)OC(COc1cccc(C)c1)COc1c2ccccc2c(OCC(COc2cccc(C)c2)OC(=O)CC)c2ccccc12. The summed E-state index contributed by atoms with van der Waals surface area (Å²) in [6.07, 6.45) is -0.810. The van der Waals surface area contributed by atoms with Crippen molar-refractivity contribution < 1.29 is 38.0 Å². The number of aryl methyl sites for hydroxylation is 2. The highest BCUT2D eigenvalue weighted by Crippen LogP contribution is 2.43. The number of hydrogen-bond acceptors (Lipinski definition) is 8. The predicted molar refractivity (Wildman–Crippen MR) is 186 cm³/mol. The maximum absolute atomic E-state index is 12.3. The van der Waals surface area contributed by atoms with Crippen LogP contribution in [0.25, 0.3) is 21.5 Å². The molecule has 8 nitrogen and oxygen atoms in total. The van der Waals surface area contributed by atoms with Crippen LogP contribution in [0.15, 0.2) is 97.1 Å². The lowest BCUT2D eigenvalue weighted by Crippen LogP contribution is -2.31. The van der Waals surface area contributed by atoms with Crippen molar-refractivity contribution in [1.29, 1.82) is 0 Å². The number of esters is 2. The number of fused-ring (bicyclic) bond motifs is 2. The standard InChI is InChI=1S/C40H42O8/c1-5-37(41)47-31(23-43-29-15-11-13-27(3)21-29)25-45-39-33-17-7-9-19-35(33)40(36-20-10-8-18-34(36)39)46-26-32(48-38(42)6-2)24-44-30-16-12-14-28(4)22-30/h7-22,31-32H,5-6,23-26H2,1-4H3. The minimum absolute atomic E-state index is 0.0804. The van der Waals surface area contributed by atoms with E-state index in [1.807, 2.05) is 111 Å².